The molecule has 2 N–H and O–H groups in total. The third kappa shape index (κ3) is 5.22. The molecule has 0 aliphatic rings. The highest BCUT2D eigenvalue weighted by Gasteiger charge is 2.17. The van der Waals surface area contributed by atoms with E-state index in [2.05, 4.69) is 17.4 Å². The molecule has 3 aromatic carbocycles. The topological polar surface area (TPSA) is 35.5 Å². The van der Waals surface area contributed by atoms with Crippen LogP contribution in [0.5, 0.6) is 5.75 Å². The Morgan fingerprint density at radius 3 is 2.33 bits per heavy atom. The van der Waals surface area contributed by atoms with E-state index in [1.807, 2.05) is 59.5 Å². The van der Waals surface area contributed by atoms with Gasteiger partial charge in [-0.1, -0.05) is 72.3 Å². The van der Waals surface area contributed by atoms with Crippen molar-refractivity contribution in [2.24, 2.45) is 0 Å². The lowest BCUT2D eigenvalue weighted by atomic mass is 10.1. The Kier molecular flexibility index (Phi) is 6.69. The van der Waals surface area contributed by atoms with Crippen molar-refractivity contribution in [3.05, 3.63) is 95.0 Å². The summed E-state index contributed by atoms with van der Waals surface area (Å²) in [5, 5.41) is 14.7. The van der Waals surface area contributed by atoms with E-state index in [-0.39, 0.29) is 5.75 Å². The molecule has 0 atom stereocenters. The van der Waals surface area contributed by atoms with Crippen LogP contribution in [0.25, 0.3) is 0 Å². The van der Waals surface area contributed by atoms with E-state index >= 15 is 0 Å². The number of thiocarbonyl (C=S) groups is 1. The van der Waals surface area contributed by atoms with Gasteiger partial charge in [-0.25, -0.2) is 0 Å². The maximum Gasteiger partial charge on any atom is 0.173 e. The zero-order valence-electron chi connectivity index (χ0n) is 14.8. The van der Waals surface area contributed by atoms with Crippen molar-refractivity contribution in [3.63, 3.8) is 0 Å². The second-order valence-corrected chi connectivity index (χ2v) is 6.93. The first kappa shape index (κ1) is 19.2. The minimum absolute atomic E-state index is 0.238. The smallest absolute Gasteiger partial charge is 0.173 e. The van der Waals surface area contributed by atoms with Crippen molar-refractivity contribution >= 4 is 34.6 Å². The molecule has 0 aliphatic carbocycles. The normalized spacial score (nSPS) is 10.4. The molecule has 0 saturated carbocycles. The Morgan fingerprint density at radius 2 is 1.59 bits per heavy atom. The van der Waals surface area contributed by atoms with E-state index in [0.717, 1.165) is 17.7 Å². The number of phenolic OH excluding ortho intramolecular Hbond substituents is 1. The van der Waals surface area contributed by atoms with E-state index in [0.29, 0.717) is 23.2 Å². The monoisotopic (exact) mass is 396 g/mol. The summed E-state index contributed by atoms with van der Waals surface area (Å²) < 4.78 is 0. The van der Waals surface area contributed by atoms with Gasteiger partial charge in [-0.2, -0.15) is 0 Å². The average Bonchev–Trinajstić information content (AvgIpc) is 2.69. The second kappa shape index (κ2) is 9.40. The fourth-order valence-electron chi connectivity index (χ4n) is 2.81. The van der Waals surface area contributed by atoms with Gasteiger partial charge in [-0.05, 0) is 42.4 Å². The summed E-state index contributed by atoms with van der Waals surface area (Å²) in [6.45, 7) is 1.14. The molecule has 0 saturated heterocycles. The molecule has 0 radical (unpaired) electrons. The van der Waals surface area contributed by atoms with Crippen LogP contribution in [0.2, 0.25) is 5.02 Å². The van der Waals surface area contributed by atoms with Gasteiger partial charge < -0.3 is 15.3 Å². The summed E-state index contributed by atoms with van der Waals surface area (Å²) in [7, 11) is 0. The van der Waals surface area contributed by atoms with Crippen LogP contribution in [0.4, 0.5) is 5.69 Å². The molecule has 0 aliphatic heterocycles. The van der Waals surface area contributed by atoms with Gasteiger partial charge in [-0.15, -0.1) is 0 Å². The first-order valence-electron chi connectivity index (χ1n) is 8.76. The molecule has 0 unspecified atom stereocenters. The van der Waals surface area contributed by atoms with Gasteiger partial charge in [0.1, 0.15) is 5.75 Å². The molecule has 0 fully saturated rings. The lowest BCUT2D eigenvalue weighted by Crippen LogP contribution is -2.40. The maximum absolute atomic E-state index is 10.2. The maximum atomic E-state index is 10.2. The minimum atomic E-state index is 0.238. The van der Waals surface area contributed by atoms with E-state index in [4.69, 9.17) is 23.8 Å². The number of nitrogens with one attached hydrogen (secondary N) is 1. The first-order chi connectivity index (χ1) is 13.1. The molecule has 3 rings (SSSR count). The highest BCUT2D eigenvalue weighted by molar-refractivity contribution is 7.80. The van der Waals surface area contributed by atoms with Crippen LogP contribution in [0.15, 0.2) is 78.9 Å². The molecule has 0 heterocycles. The highest BCUT2D eigenvalue weighted by atomic mass is 35.5. The molecular formula is C22H21ClN2OS. The standard InChI is InChI=1S/C22H21ClN2OS/c23-19-11-5-6-12-20(19)25(16-18-10-4-7-13-21(18)26)22(27)24-15-14-17-8-2-1-3-9-17/h1-13,26H,14-16H2,(H,24,27). The average molecular weight is 397 g/mol. The lowest BCUT2D eigenvalue weighted by Gasteiger charge is -2.27. The number of anilines is 1. The van der Waals surface area contributed by atoms with Gasteiger partial charge in [0, 0.05) is 12.1 Å². The summed E-state index contributed by atoms with van der Waals surface area (Å²) >= 11 is 12.1. The number of phenols is 1. The van der Waals surface area contributed by atoms with Gasteiger partial charge >= 0.3 is 0 Å². The van der Waals surface area contributed by atoms with Gasteiger partial charge in [0.05, 0.1) is 17.3 Å². The predicted octanol–water partition coefficient (Wildman–Crippen LogP) is 5.17. The molecule has 0 spiro atoms. The Bertz CT molecular complexity index is 902. The van der Waals surface area contributed by atoms with Gasteiger partial charge in [0.15, 0.2) is 5.11 Å². The van der Waals surface area contributed by atoms with E-state index in [1.165, 1.54) is 5.56 Å². The molecule has 3 nitrogen and oxygen atoms in total. The molecule has 138 valence electrons. The van der Waals surface area contributed by atoms with Crippen LogP contribution in [0, 0.1) is 0 Å². The minimum Gasteiger partial charge on any atom is -0.508 e. The predicted molar refractivity (Wildman–Crippen MR) is 116 cm³/mol. The summed E-state index contributed by atoms with van der Waals surface area (Å²) in [6.07, 6.45) is 0.869. The van der Waals surface area contributed by atoms with Crippen LogP contribution in [0.1, 0.15) is 11.1 Å². The van der Waals surface area contributed by atoms with E-state index < -0.39 is 0 Å². The van der Waals surface area contributed by atoms with Crippen LogP contribution < -0.4 is 10.2 Å². The molecule has 0 amide bonds. The largest absolute Gasteiger partial charge is 0.508 e. The second-order valence-electron chi connectivity index (χ2n) is 6.13. The summed E-state index contributed by atoms with van der Waals surface area (Å²) in [5.41, 5.74) is 2.84. The van der Waals surface area contributed by atoms with Gasteiger partial charge in [0.25, 0.3) is 0 Å². The van der Waals surface area contributed by atoms with Crippen LogP contribution in [0.3, 0.4) is 0 Å². The summed E-state index contributed by atoms with van der Waals surface area (Å²) in [6, 6.07) is 25.1. The zero-order chi connectivity index (χ0) is 19.1. The van der Waals surface area contributed by atoms with Crippen molar-refractivity contribution in [2.75, 3.05) is 11.4 Å². The molecule has 5 heteroatoms. The van der Waals surface area contributed by atoms with Crippen molar-refractivity contribution in [2.45, 2.75) is 13.0 Å². The first-order valence-corrected chi connectivity index (χ1v) is 9.54. The molecule has 27 heavy (non-hydrogen) atoms. The Morgan fingerprint density at radius 1 is 0.926 bits per heavy atom. The van der Waals surface area contributed by atoms with Crippen LogP contribution >= 0.6 is 23.8 Å². The fraction of sp³-hybridized carbons (Fsp3) is 0.136. The quantitative estimate of drug-likeness (QED) is 0.563. The van der Waals surface area contributed by atoms with E-state index in [9.17, 15) is 5.11 Å². The number of halogens is 1. The van der Waals surface area contributed by atoms with Crippen molar-refractivity contribution < 1.29 is 5.11 Å². The van der Waals surface area contributed by atoms with Crippen molar-refractivity contribution in [3.8, 4) is 5.75 Å². The highest BCUT2D eigenvalue weighted by Crippen LogP contribution is 2.28. The van der Waals surface area contributed by atoms with E-state index in [1.54, 1.807) is 12.1 Å². The summed E-state index contributed by atoms with van der Waals surface area (Å²) in [5.74, 6) is 0.238. The van der Waals surface area contributed by atoms with Gasteiger partial charge in [0.2, 0.25) is 0 Å². The number of nitrogens with zero attached hydrogens (tertiary/aromatic N) is 1. The van der Waals surface area contributed by atoms with Crippen molar-refractivity contribution in [1.29, 1.82) is 0 Å². The Hall–Kier alpha value is -2.56. The number of para-hydroxylation sites is 2. The Labute approximate surface area is 170 Å². The number of rotatable bonds is 6. The number of hydrogen-bond donors (Lipinski definition) is 2. The number of benzene rings is 3. The molecule has 3 aromatic rings. The summed E-state index contributed by atoms with van der Waals surface area (Å²) in [4.78, 5) is 1.91. The van der Waals surface area contributed by atoms with Crippen LogP contribution in [-0.4, -0.2) is 16.8 Å². The number of hydrogen-bond acceptors (Lipinski definition) is 2. The molecule has 0 bridgehead atoms. The van der Waals surface area contributed by atoms with Crippen molar-refractivity contribution in [1.82, 2.24) is 5.32 Å². The Balaban J connectivity index is 1.76. The molecular weight excluding hydrogens is 376 g/mol. The fourth-order valence-corrected chi connectivity index (χ4v) is 3.31. The van der Waals surface area contributed by atoms with Gasteiger partial charge in [-0.3, -0.25) is 0 Å². The lowest BCUT2D eigenvalue weighted by molar-refractivity contribution is 0.468. The van der Waals surface area contributed by atoms with Crippen LogP contribution in [-0.2, 0) is 13.0 Å². The third-order valence-electron chi connectivity index (χ3n) is 4.24. The SMILES string of the molecule is Oc1ccccc1CN(C(=S)NCCc1ccccc1)c1ccccc1Cl. The zero-order valence-corrected chi connectivity index (χ0v) is 16.4. The molecule has 0 aromatic heterocycles. The number of aromatic hydroxyl groups is 1. The third-order valence-corrected chi connectivity index (χ3v) is 4.93.